The molecule has 2 aliphatic rings. The minimum Gasteiger partial charge on any atom is -0.147 e. The zero-order valence-electron chi connectivity index (χ0n) is 13.2. The van der Waals surface area contributed by atoms with Gasteiger partial charge in [-0.3, -0.25) is 0 Å². The van der Waals surface area contributed by atoms with E-state index in [1.165, 1.54) is 11.1 Å². The van der Waals surface area contributed by atoms with Crippen LogP contribution in [0.15, 0.2) is 60.7 Å². The Labute approximate surface area is 162 Å². The van der Waals surface area contributed by atoms with Gasteiger partial charge in [0.1, 0.15) is 0 Å². The van der Waals surface area contributed by atoms with Gasteiger partial charge in [0, 0.05) is 0 Å². The second-order valence-corrected chi connectivity index (χ2v) is 14.7. The third kappa shape index (κ3) is 3.04. The molecule has 0 amide bonds. The van der Waals surface area contributed by atoms with Crippen molar-refractivity contribution < 1.29 is 22.9 Å². The van der Waals surface area contributed by atoms with E-state index in [0.717, 1.165) is 0 Å². The van der Waals surface area contributed by atoms with Crippen molar-refractivity contribution >= 4 is 37.0 Å². The SMILES string of the molecule is C[C]1([Hf][C]2(C)C=Cc3ccccc32)C=Cc2ccccc21.Cl.Cl. The Balaban J connectivity index is 0.000000960. The maximum Gasteiger partial charge on any atom is -0.147 e. The first-order valence-corrected chi connectivity index (χ1v) is 11.1. The van der Waals surface area contributed by atoms with E-state index in [1.54, 1.807) is 11.1 Å². The van der Waals surface area contributed by atoms with Gasteiger partial charge in [-0.15, -0.1) is 24.8 Å². The number of fused-ring (bicyclic) bond motifs is 2. The summed E-state index contributed by atoms with van der Waals surface area (Å²) < 4.78 is 0.625. The quantitative estimate of drug-likeness (QED) is 0.449. The first-order chi connectivity index (χ1) is 10.1. The van der Waals surface area contributed by atoms with Gasteiger partial charge < -0.3 is 0 Å². The van der Waals surface area contributed by atoms with Crippen LogP contribution in [0.5, 0.6) is 0 Å². The molecule has 0 aliphatic heterocycles. The van der Waals surface area contributed by atoms with Gasteiger partial charge >= 0.3 is 138 Å². The summed E-state index contributed by atoms with van der Waals surface area (Å²) in [6.07, 6.45) is 9.61. The molecule has 2 atom stereocenters. The fraction of sp³-hybridized carbons (Fsp3) is 0.200. The number of hydrogen-bond acceptors (Lipinski definition) is 0. The van der Waals surface area contributed by atoms with Crippen molar-refractivity contribution in [2.75, 3.05) is 0 Å². The molecule has 0 nitrogen and oxygen atoms in total. The molecule has 0 heterocycles. The maximum absolute atomic E-state index is 2.47. The van der Waals surface area contributed by atoms with Crippen LogP contribution in [-0.4, -0.2) is 0 Å². The van der Waals surface area contributed by atoms with Gasteiger partial charge in [-0.25, -0.2) is 0 Å². The van der Waals surface area contributed by atoms with Crippen LogP contribution in [0.2, 0.25) is 0 Å². The number of benzene rings is 2. The van der Waals surface area contributed by atoms with E-state index in [-0.39, 0.29) is 24.8 Å². The summed E-state index contributed by atoms with van der Waals surface area (Å²) >= 11 is -1.03. The first-order valence-electron chi connectivity index (χ1n) is 7.48. The molecule has 0 fully saturated rings. The molecule has 0 aromatic heterocycles. The average molecular weight is 510 g/mol. The zero-order valence-corrected chi connectivity index (χ0v) is 18.5. The number of rotatable bonds is 2. The van der Waals surface area contributed by atoms with Crippen LogP contribution in [0.25, 0.3) is 12.2 Å². The van der Waals surface area contributed by atoms with Gasteiger partial charge in [-0.2, -0.15) is 0 Å². The van der Waals surface area contributed by atoms with Gasteiger partial charge in [0.2, 0.25) is 0 Å². The van der Waals surface area contributed by atoms with E-state index >= 15 is 0 Å². The van der Waals surface area contributed by atoms with Gasteiger partial charge in [0.05, 0.1) is 0 Å². The number of allylic oxidation sites excluding steroid dienone is 2. The van der Waals surface area contributed by atoms with Crippen molar-refractivity contribution in [1.82, 2.24) is 0 Å². The Morgan fingerprint density at radius 1 is 0.652 bits per heavy atom. The van der Waals surface area contributed by atoms with Crippen LogP contribution >= 0.6 is 24.8 Å². The van der Waals surface area contributed by atoms with Crippen LogP contribution in [0, 0.1) is 0 Å². The second kappa shape index (κ2) is 6.70. The molecule has 4 rings (SSSR count). The molecule has 23 heavy (non-hydrogen) atoms. The molecule has 0 bridgehead atoms. The fourth-order valence-electron chi connectivity index (χ4n) is 3.68. The Hall–Kier alpha value is -0.630. The molecule has 0 saturated heterocycles. The van der Waals surface area contributed by atoms with Crippen molar-refractivity contribution in [1.29, 1.82) is 0 Å². The molecule has 0 spiro atoms. The predicted octanol–water partition coefficient (Wildman–Crippen LogP) is 5.80. The van der Waals surface area contributed by atoms with Crippen LogP contribution in [0.4, 0.5) is 0 Å². The minimum atomic E-state index is -1.03. The molecule has 0 radical (unpaired) electrons. The van der Waals surface area contributed by atoms with Crippen LogP contribution in [0.3, 0.4) is 0 Å². The maximum atomic E-state index is 2.47. The van der Waals surface area contributed by atoms with E-state index in [0.29, 0.717) is 6.34 Å². The summed E-state index contributed by atoms with van der Waals surface area (Å²) in [5, 5.41) is 0. The third-order valence-electron chi connectivity index (χ3n) is 4.75. The molecule has 0 saturated carbocycles. The topological polar surface area (TPSA) is 0 Å². The van der Waals surface area contributed by atoms with E-state index in [2.05, 4.69) is 86.7 Å². The Kier molecular flexibility index (Phi) is 5.45. The number of hydrogen-bond donors (Lipinski definition) is 0. The summed E-state index contributed by atoms with van der Waals surface area (Å²) in [7, 11) is 0. The van der Waals surface area contributed by atoms with Crippen LogP contribution in [0.1, 0.15) is 36.1 Å². The third-order valence-corrected chi connectivity index (χ3v) is 11.6. The Bertz CT molecular complexity index is 715. The van der Waals surface area contributed by atoms with Crippen molar-refractivity contribution in [2.24, 2.45) is 0 Å². The minimum absolute atomic E-state index is 0. The van der Waals surface area contributed by atoms with Crippen molar-refractivity contribution in [3.8, 4) is 0 Å². The molecular formula is C20H20Cl2Hf. The normalized spacial score (nSPS) is 26.0. The summed E-state index contributed by atoms with van der Waals surface area (Å²) in [6.45, 7) is 4.91. The molecular weight excluding hydrogens is 490 g/mol. The van der Waals surface area contributed by atoms with E-state index in [9.17, 15) is 0 Å². The molecule has 118 valence electrons. The molecule has 2 aromatic rings. The average Bonchev–Trinajstić information content (AvgIpc) is 3.00. The largest absolute Gasteiger partial charge is 0.147 e. The van der Waals surface area contributed by atoms with Crippen molar-refractivity contribution in [3.63, 3.8) is 0 Å². The van der Waals surface area contributed by atoms with Gasteiger partial charge in [-0.1, -0.05) is 0 Å². The predicted molar refractivity (Wildman–Crippen MR) is 100 cm³/mol. The molecule has 0 N–H and O–H groups in total. The van der Waals surface area contributed by atoms with Gasteiger partial charge in [0.15, 0.2) is 0 Å². The van der Waals surface area contributed by atoms with Crippen molar-refractivity contribution in [3.05, 3.63) is 82.9 Å². The van der Waals surface area contributed by atoms with E-state index < -0.39 is 22.9 Å². The summed E-state index contributed by atoms with van der Waals surface area (Å²) in [5.41, 5.74) is 5.94. The zero-order chi connectivity index (χ0) is 14.5. The molecule has 2 aliphatic carbocycles. The van der Waals surface area contributed by atoms with Gasteiger partial charge in [-0.05, 0) is 0 Å². The molecule has 2 unspecified atom stereocenters. The standard InChI is InChI=1S/2C10H9.2ClH.Hf/c2*1-8-6-7-9-4-2-3-5-10(8)9;;;/h2*2-7H,1H3;2*1H;. The fourth-order valence-corrected chi connectivity index (χ4v) is 11.4. The van der Waals surface area contributed by atoms with Crippen LogP contribution in [-0.2, 0) is 29.2 Å². The molecule has 2 aromatic carbocycles. The second-order valence-electron chi connectivity index (χ2n) is 6.37. The smallest absolute Gasteiger partial charge is 0.147 e. The molecule has 3 heteroatoms. The van der Waals surface area contributed by atoms with E-state index in [1.807, 2.05) is 0 Å². The summed E-state index contributed by atoms with van der Waals surface area (Å²) in [5.74, 6) is 0. The summed E-state index contributed by atoms with van der Waals surface area (Å²) in [6, 6.07) is 17.8. The Morgan fingerprint density at radius 2 is 1.04 bits per heavy atom. The van der Waals surface area contributed by atoms with Gasteiger partial charge in [0.25, 0.3) is 0 Å². The van der Waals surface area contributed by atoms with Crippen LogP contribution < -0.4 is 0 Å². The van der Waals surface area contributed by atoms with Crippen molar-refractivity contribution in [2.45, 2.75) is 20.2 Å². The number of halogens is 2. The van der Waals surface area contributed by atoms with E-state index in [4.69, 9.17) is 0 Å². The monoisotopic (exact) mass is 510 g/mol. The Morgan fingerprint density at radius 3 is 1.48 bits per heavy atom. The first kappa shape index (κ1) is 18.7. The summed E-state index contributed by atoms with van der Waals surface area (Å²) in [4.78, 5) is 0.